The smallest absolute Gasteiger partial charge is 0.126 e. The van der Waals surface area contributed by atoms with Crippen molar-refractivity contribution in [1.82, 2.24) is 0 Å². The lowest BCUT2D eigenvalue weighted by atomic mass is 9.99. The molecule has 2 nitrogen and oxygen atoms in total. The molecule has 2 aromatic carbocycles. The van der Waals surface area contributed by atoms with Gasteiger partial charge in [-0.3, -0.25) is 0 Å². The molecule has 2 N–H and O–H groups in total. The summed E-state index contributed by atoms with van der Waals surface area (Å²) in [4.78, 5) is 0. The molecular weight excluding hydrogens is 248 g/mol. The lowest BCUT2D eigenvalue weighted by molar-refractivity contribution is 0.408. The van der Waals surface area contributed by atoms with E-state index in [1.807, 2.05) is 24.3 Å². The highest BCUT2D eigenvalue weighted by atomic mass is 19.1. The molecule has 0 amide bonds. The van der Waals surface area contributed by atoms with Crippen LogP contribution in [0.3, 0.4) is 0 Å². The number of ether oxygens (including phenoxy) is 1. The normalized spacial score (nSPS) is 12.2. The van der Waals surface area contributed by atoms with Crippen LogP contribution in [0.5, 0.6) is 5.75 Å². The highest BCUT2D eigenvalue weighted by Crippen LogP contribution is 2.24. The molecule has 0 spiro atoms. The highest BCUT2D eigenvalue weighted by Gasteiger charge is 2.12. The van der Waals surface area contributed by atoms with Crippen LogP contribution < -0.4 is 10.5 Å². The zero-order valence-corrected chi connectivity index (χ0v) is 10.6. The van der Waals surface area contributed by atoms with E-state index in [0.717, 1.165) is 17.4 Å². The van der Waals surface area contributed by atoms with E-state index in [1.165, 1.54) is 12.1 Å². The lowest BCUT2D eigenvalue weighted by Gasteiger charge is -2.14. The average molecular weight is 263 g/mol. The van der Waals surface area contributed by atoms with Crippen LogP contribution in [-0.2, 0) is 6.42 Å². The predicted octanol–water partition coefficient (Wildman–Crippen LogP) is 3.22. The van der Waals surface area contributed by atoms with Crippen LogP contribution in [0.1, 0.15) is 17.2 Å². The van der Waals surface area contributed by atoms with Crippen molar-refractivity contribution in [2.24, 2.45) is 5.73 Å². The van der Waals surface area contributed by atoms with Crippen LogP contribution in [0.15, 0.2) is 42.5 Å². The first-order chi connectivity index (χ1) is 9.10. The minimum Gasteiger partial charge on any atom is -0.496 e. The maximum Gasteiger partial charge on any atom is 0.126 e. The van der Waals surface area contributed by atoms with Gasteiger partial charge in [0, 0.05) is 12.1 Å². The number of rotatable bonds is 4. The summed E-state index contributed by atoms with van der Waals surface area (Å²) >= 11 is 0. The molecule has 0 aliphatic carbocycles. The standard InChI is InChI=1S/C15H15F2NO/c1-19-15-5-3-2-4-10(15)8-14(18)11-6-12(16)9-13(17)7-11/h2-7,9,14H,8,18H2,1H3. The first-order valence-corrected chi connectivity index (χ1v) is 5.93. The molecule has 0 radical (unpaired) electrons. The first-order valence-electron chi connectivity index (χ1n) is 5.93. The second kappa shape index (κ2) is 5.80. The van der Waals surface area contributed by atoms with Crippen molar-refractivity contribution in [2.75, 3.05) is 7.11 Å². The second-order valence-corrected chi connectivity index (χ2v) is 4.33. The summed E-state index contributed by atoms with van der Waals surface area (Å²) in [5.74, 6) is -0.522. The van der Waals surface area contributed by atoms with Crippen LogP contribution in [0, 0.1) is 11.6 Å². The summed E-state index contributed by atoms with van der Waals surface area (Å²) in [6.45, 7) is 0. The van der Waals surface area contributed by atoms with Crippen LogP contribution in [0.4, 0.5) is 8.78 Å². The zero-order chi connectivity index (χ0) is 13.8. The number of hydrogen-bond donors (Lipinski definition) is 1. The Hall–Kier alpha value is -1.94. The van der Waals surface area contributed by atoms with Crippen molar-refractivity contribution in [3.05, 3.63) is 65.2 Å². The largest absolute Gasteiger partial charge is 0.496 e. The summed E-state index contributed by atoms with van der Waals surface area (Å²) in [7, 11) is 1.58. The van der Waals surface area contributed by atoms with Gasteiger partial charge >= 0.3 is 0 Å². The summed E-state index contributed by atoms with van der Waals surface area (Å²) in [6.07, 6.45) is 0.451. The van der Waals surface area contributed by atoms with Crippen molar-refractivity contribution in [3.63, 3.8) is 0 Å². The molecule has 0 aromatic heterocycles. The quantitative estimate of drug-likeness (QED) is 0.919. The summed E-state index contributed by atoms with van der Waals surface area (Å²) < 4.78 is 31.5. The topological polar surface area (TPSA) is 35.2 Å². The first kappa shape index (κ1) is 13.5. The molecule has 0 saturated carbocycles. The second-order valence-electron chi connectivity index (χ2n) is 4.33. The van der Waals surface area contributed by atoms with E-state index >= 15 is 0 Å². The number of para-hydroxylation sites is 1. The molecule has 1 unspecified atom stereocenters. The number of nitrogens with two attached hydrogens (primary N) is 1. The molecule has 4 heteroatoms. The SMILES string of the molecule is COc1ccccc1CC(N)c1cc(F)cc(F)c1. The van der Waals surface area contributed by atoms with Gasteiger partial charge in [-0.25, -0.2) is 8.78 Å². The van der Waals surface area contributed by atoms with Gasteiger partial charge in [-0.15, -0.1) is 0 Å². The van der Waals surface area contributed by atoms with Gasteiger partial charge < -0.3 is 10.5 Å². The molecule has 2 rings (SSSR count). The number of benzene rings is 2. The van der Waals surface area contributed by atoms with Gasteiger partial charge in [0.25, 0.3) is 0 Å². The van der Waals surface area contributed by atoms with Gasteiger partial charge in [0.15, 0.2) is 0 Å². The highest BCUT2D eigenvalue weighted by molar-refractivity contribution is 5.35. The minimum atomic E-state index is -0.620. The Morgan fingerprint density at radius 1 is 1.11 bits per heavy atom. The molecule has 0 saturated heterocycles. The Bertz CT molecular complexity index is 552. The molecule has 19 heavy (non-hydrogen) atoms. The fraction of sp³-hybridized carbons (Fsp3) is 0.200. The van der Waals surface area contributed by atoms with Crippen molar-refractivity contribution in [2.45, 2.75) is 12.5 Å². The maximum atomic E-state index is 13.2. The number of halogens is 2. The molecule has 0 bridgehead atoms. The van der Waals surface area contributed by atoms with Gasteiger partial charge in [0.2, 0.25) is 0 Å². The Balaban J connectivity index is 2.22. The Labute approximate surface area is 110 Å². The fourth-order valence-electron chi connectivity index (χ4n) is 2.02. The van der Waals surface area contributed by atoms with E-state index in [-0.39, 0.29) is 0 Å². The monoisotopic (exact) mass is 263 g/mol. The molecule has 0 heterocycles. The minimum absolute atomic E-state index is 0.434. The van der Waals surface area contributed by atoms with Gasteiger partial charge in [-0.1, -0.05) is 18.2 Å². The Morgan fingerprint density at radius 2 is 1.74 bits per heavy atom. The number of methoxy groups -OCH3 is 1. The van der Waals surface area contributed by atoms with Gasteiger partial charge in [0.1, 0.15) is 17.4 Å². The Kier molecular flexibility index (Phi) is 4.12. The summed E-state index contributed by atoms with van der Waals surface area (Å²) in [5.41, 5.74) is 7.34. The lowest BCUT2D eigenvalue weighted by Crippen LogP contribution is -2.14. The van der Waals surface area contributed by atoms with Gasteiger partial charge in [0.05, 0.1) is 7.11 Å². The molecule has 0 aliphatic rings. The van der Waals surface area contributed by atoms with E-state index in [9.17, 15) is 8.78 Å². The molecular formula is C15H15F2NO. The zero-order valence-electron chi connectivity index (χ0n) is 10.6. The fourth-order valence-corrected chi connectivity index (χ4v) is 2.02. The van der Waals surface area contributed by atoms with Crippen molar-refractivity contribution >= 4 is 0 Å². The average Bonchev–Trinajstić information content (AvgIpc) is 2.38. The van der Waals surface area contributed by atoms with Crippen LogP contribution >= 0.6 is 0 Å². The predicted molar refractivity (Wildman–Crippen MR) is 70.0 cm³/mol. The summed E-state index contributed by atoms with van der Waals surface area (Å²) in [5, 5.41) is 0. The van der Waals surface area contributed by atoms with E-state index in [1.54, 1.807) is 7.11 Å². The molecule has 0 fully saturated rings. The van der Waals surface area contributed by atoms with Crippen LogP contribution in [0.2, 0.25) is 0 Å². The van der Waals surface area contributed by atoms with Crippen molar-refractivity contribution in [1.29, 1.82) is 0 Å². The van der Waals surface area contributed by atoms with Crippen molar-refractivity contribution in [3.8, 4) is 5.75 Å². The third-order valence-electron chi connectivity index (χ3n) is 2.95. The van der Waals surface area contributed by atoms with E-state index < -0.39 is 17.7 Å². The van der Waals surface area contributed by atoms with Crippen LogP contribution in [-0.4, -0.2) is 7.11 Å². The van der Waals surface area contributed by atoms with Gasteiger partial charge in [-0.2, -0.15) is 0 Å². The van der Waals surface area contributed by atoms with E-state index in [2.05, 4.69) is 0 Å². The third-order valence-corrected chi connectivity index (χ3v) is 2.95. The molecule has 1 atom stereocenters. The van der Waals surface area contributed by atoms with E-state index in [4.69, 9.17) is 10.5 Å². The Morgan fingerprint density at radius 3 is 2.37 bits per heavy atom. The number of hydrogen-bond acceptors (Lipinski definition) is 2. The van der Waals surface area contributed by atoms with E-state index in [0.29, 0.717) is 12.0 Å². The molecule has 2 aromatic rings. The molecule has 100 valence electrons. The molecule has 0 aliphatic heterocycles. The van der Waals surface area contributed by atoms with Crippen molar-refractivity contribution < 1.29 is 13.5 Å². The maximum absolute atomic E-state index is 13.2. The van der Waals surface area contributed by atoms with Gasteiger partial charge in [-0.05, 0) is 35.7 Å². The third kappa shape index (κ3) is 3.29. The summed E-state index contributed by atoms with van der Waals surface area (Å²) in [6, 6.07) is 10.3. The van der Waals surface area contributed by atoms with Crippen LogP contribution in [0.25, 0.3) is 0 Å².